The molecule has 0 aliphatic carbocycles. The van der Waals surface area contributed by atoms with Gasteiger partial charge in [-0.3, -0.25) is 5.10 Å². The molecule has 5 aromatic rings. The van der Waals surface area contributed by atoms with Crippen molar-refractivity contribution in [2.75, 3.05) is 11.1 Å². The van der Waals surface area contributed by atoms with E-state index in [2.05, 4.69) is 20.5 Å². The van der Waals surface area contributed by atoms with Crippen LogP contribution in [0.4, 0.5) is 17.2 Å². The number of aromatic amines is 1. The molecule has 0 bridgehead atoms. The maximum absolute atomic E-state index is 6.13. The van der Waals surface area contributed by atoms with E-state index >= 15 is 0 Å². The number of hydrogen-bond donors (Lipinski definition) is 3. The number of fused-ring (bicyclic) bond motifs is 2. The summed E-state index contributed by atoms with van der Waals surface area (Å²) in [5.74, 6) is 2.14. The lowest BCUT2D eigenvalue weighted by molar-refractivity contribution is 0.488. The standard InChI is InChI=1S/C22H17N5O/c23-19-6-8-21(18-4-2-1-3-17(18)19)28-16-9-10-24-22(12-16)26-15-5-7-20-14(11-15)13-25-27-20/h1-13H,23H2,(H,24,26)(H,25,27). The van der Waals surface area contributed by atoms with Gasteiger partial charge in [0, 0.05) is 39.8 Å². The van der Waals surface area contributed by atoms with Gasteiger partial charge in [0.25, 0.3) is 0 Å². The lowest BCUT2D eigenvalue weighted by Crippen LogP contribution is -1.95. The zero-order chi connectivity index (χ0) is 18.9. The van der Waals surface area contributed by atoms with Gasteiger partial charge in [-0.05, 0) is 36.4 Å². The Morgan fingerprint density at radius 1 is 0.929 bits per heavy atom. The third-order valence-corrected chi connectivity index (χ3v) is 4.59. The number of pyridine rings is 1. The van der Waals surface area contributed by atoms with Crippen molar-refractivity contribution >= 4 is 38.9 Å². The summed E-state index contributed by atoms with van der Waals surface area (Å²) in [7, 11) is 0. The van der Waals surface area contributed by atoms with Crippen molar-refractivity contribution in [1.82, 2.24) is 15.2 Å². The molecule has 0 amide bonds. The Morgan fingerprint density at radius 3 is 2.75 bits per heavy atom. The van der Waals surface area contributed by atoms with Crippen LogP contribution in [0, 0.1) is 0 Å². The number of benzene rings is 3. The van der Waals surface area contributed by atoms with Crippen molar-refractivity contribution in [2.45, 2.75) is 0 Å². The molecular weight excluding hydrogens is 350 g/mol. The van der Waals surface area contributed by atoms with Crippen molar-refractivity contribution in [3.8, 4) is 11.5 Å². The van der Waals surface area contributed by atoms with Crippen molar-refractivity contribution in [3.63, 3.8) is 0 Å². The van der Waals surface area contributed by atoms with Gasteiger partial charge in [0.05, 0.1) is 11.7 Å². The first-order valence-electron chi connectivity index (χ1n) is 8.87. The fourth-order valence-corrected chi connectivity index (χ4v) is 3.22. The quantitative estimate of drug-likeness (QED) is 0.379. The summed E-state index contributed by atoms with van der Waals surface area (Å²) in [6.45, 7) is 0. The van der Waals surface area contributed by atoms with Crippen LogP contribution in [0.2, 0.25) is 0 Å². The summed E-state index contributed by atoms with van der Waals surface area (Å²) in [4.78, 5) is 4.39. The maximum atomic E-state index is 6.13. The van der Waals surface area contributed by atoms with Crippen LogP contribution in [0.1, 0.15) is 0 Å². The van der Waals surface area contributed by atoms with Crippen LogP contribution >= 0.6 is 0 Å². The molecule has 4 N–H and O–H groups in total. The normalized spacial score (nSPS) is 11.0. The van der Waals surface area contributed by atoms with E-state index in [-0.39, 0.29) is 0 Å². The van der Waals surface area contributed by atoms with Crippen LogP contribution in [-0.2, 0) is 0 Å². The van der Waals surface area contributed by atoms with E-state index in [0.29, 0.717) is 11.6 Å². The number of H-pyrrole nitrogens is 1. The fraction of sp³-hybridized carbons (Fsp3) is 0. The van der Waals surface area contributed by atoms with Gasteiger partial charge < -0.3 is 15.8 Å². The van der Waals surface area contributed by atoms with Crippen molar-refractivity contribution in [3.05, 3.63) is 79.1 Å². The molecule has 2 heterocycles. The molecule has 0 saturated carbocycles. The smallest absolute Gasteiger partial charge is 0.135 e. The molecule has 0 radical (unpaired) electrons. The molecule has 0 aliphatic heterocycles. The van der Waals surface area contributed by atoms with E-state index in [4.69, 9.17) is 10.5 Å². The molecule has 6 nitrogen and oxygen atoms in total. The number of rotatable bonds is 4. The molecule has 28 heavy (non-hydrogen) atoms. The van der Waals surface area contributed by atoms with E-state index in [1.54, 1.807) is 12.4 Å². The van der Waals surface area contributed by atoms with Gasteiger partial charge in [-0.1, -0.05) is 24.3 Å². The van der Waals surface area contributed by atoms with Crippen molar-refractivity contribution in [1.29, 1.82) is 0 Å². The Kier molecular flexibility index (Phi) is 3.80. The SMILES string of the molecule is Nc1ccc(Oc2ccnc(Nc3ccc4[nH]ncc4c3)c2)c2ccccc12. The van der Waals surface area contributed by atoms with E-state index in [1.807, 2.05) is 66.7 Å². The first-order valence-corrected chi connectivity index (χ1v) is 8.87. The van der Waals surface area contributed by atoms with E-state index in [1.165, 1.54) is 0 Å². The van der Waals surface area contributed by atoms with Gasteiger partial charge in [0.2, 0.25) is 0 Å². The molecule has 5 rings (SSSR count). The molecule has 0 atom stereocenters. The number of nitrogens with zero attached hydrogens (tertiary/aromatic N) is 2. The van der Waals surface area contributed by atoms with E-state index in [9.17, 15) is 0 Å². The third kappa shape index (κ3) is 2.97. The minimum Gasteiger partial charge on any atom is -0.457 e. The molecule has 2 aromatic heterocycles. The van der Waals surface area contributed by atoms with Gasteiger partial charge in [0.1, 0.15) is 17.3 Å². The molecular formula is C22H17N5O. The molecule has 6 heteroatoms. The summed E-state index contributed by atoms with van der Waals surface area (Å²) in [6, 6.07) is 21.3. The average Bonchev–Trinajstić information content (AvgIpc) is 3.19. The molecule has 0 fully saturated rings. The highest BCUT2D eigenvalue weighted by atomic mass is 16.5. The predicted molar refractivity (Wildman–Crippen MR) is 112 cm³/mol. The molecule has 3 aromatic carbocycles. The van der Waals surface area contributed by atoms with Crippen molar-refractivity contribution in [2.24, 2.45) is 0 Å². The molecule has 0 spiro atoms. The number of nitrogens with two attached hydrogens (primary N) is 1. The van der Waals surface area contributed by atoms with Gasteiger partial charge >= 0.3 is 0 Å². The number of nitrogen functional groups attached to an aromatic ring is 1. The minimum absolute atomic E-state index is 0.691. The second-order valence-electron chi connectivity index (χ2n) is 6.47. The summed E-state index contributed by atoms with van der Waals surface area (Å²) in [5.41, 5.74) is 8.73. The Balaban J connectivity index is 1.44. The lowest BCUT2D eigenvalue weighted by Gasteiger charge is -2.12. The van der Waals surface area contributed by atoms with E-state index < -0.39 is 0 Å². The third-order valence-electron chi connectivity index (χ3n) is 4.59. The second kappa shape index (κ2) is 6.59. The van der Waals surface area contributed by atoms with Crippen LogP contribution in [-0.4, -0.2) is 15.2 Å². The highest BCUT2D eigenvalue weighted by Gasteiger charge is 2.07. The topological polar surface area (TPSA) is 88.9 Å². The Morgan fingerprint density at radius 2 is 1.82 bits per heavy atom. The monoisotopic (exact) mass is 367 g/mol. The van der Waals surface area contributed by atoms with Crippen molar-refractivity contribution < 1.29 is 4.74 Å². The summed E-state index contributed by atoms with van der Waals surface area (Å²) in [5, 5.41) is 13.3. The minimum atomic E-state index is 0.691. The zero-order valence-corrected chi connectivity index (χ0v) is 14.9. The zero-order valence-electron chi connectivity index (χ0n) is 14.9. The predicted octanol–water partition coefficient (Wildman–Crippen LogP) is 5.23. The molecule has 0 unspecified atom stereocenters. The van der Waals surface area contributed by atoms with Gasteiger partial charge in [0.15, 0.2) is 0 Å². The number of aromatic nitrogens is 3. The Hall–Kier alpha value is -4.06. The molecule has 136 valence electrons. The van der Waals surface area contributed by atoms with Crippen LogP contribution in [0.25, 0.3) is 21.7 Å². The number of anilines is 3. The average molecular weight is 367 g/mol. The van der Waals surface area contributed by atoms with Crippen LogP contribution < -0.4 is 15.8 Å². The number of nitrogens with one attached hydrogen (secondary N) is 2. The van der Waals surface area contributed by atoms with Crippen LogP contribution in [0.5, 0.6) is 11.5 Å². The Bertz CT molecular complexity index is 1290. The number of hydrogen-bond acceptors (Lipinski definition) is 5. The summed E-state index contributed by atoms with van der Waals surface area (Å²) in [6.07, 6.45) is 3.51. The maximum Gasteiger partial charge on any atom is 0.135 e. The Labute approximate surface area is 161 Å². The summed E-state index contributed by atoms with van der Waals surface area (Å²) >= 11 is 0. The van der Waals surface area contributed by atoms with Gasteiger partial charge in [-0.15, -0.1) is 0 Å². The summed E-state index contributed by atoms with van der Waals surface area (Å²) < 4.78 is 6.13. The fourth-order valence-electron chi connectivity index (χ4n) is 3.22. The molecule has 0 saturated heterocycles. The highest BCUT2D eigenvalue weighted by molar-refractivity contribution is 5.97. The first kappa shape index (κ1) is 16.1. The lowest BCUT2D eigenvalue weighted by atomic mass is 10.1. The second-order valence-corrected chi connectivity index (χ2v) is 6.47. The van der Waals surface area contributed by atoms with Gasteiger partial charge in [-0.25, -0.2) is 4.98 Å². The van der Waals surface area contributed by atoms with Gasteiger partial charge in [-0.2, -0.15) is 5.10 Å². The largest absolute Gasteiger partial charge is 0.457 e. The molecule has 0 aliphatic rings. The highest BCUT2D eigenvalue weighted by Crippen LogP contribution is 2.33. The number of ether oxygens (including phenoxy) is 1. The first-order chi connectivity index (χ1) is 13.8. The van der Waals surface area contributed by atoms with E-state index in [0.717, 1.165) is 38.8 Å². The van der Waals surface area contributed by atoms with Crippen LogP contribution in [0.15, 0.2) is 79.1 Å². The van der Waals surface area contributed by atoms with Crippen LogP contribution in [0.3, 0.4) is 0 Å².